The van der Waals surface area contributed by atoms with Crippen molar-refractivity contribution in [3.63, 3.8) is 0 Å². The lowest BCUT2D eigenvalue weighted by Crippen LogP contribution is -2.07. The Kier molecular flexibility index (Phi) is 5.23. The van der Waals surface area contributed by atoms with E-state index in [0.717, 1.165) is 10.9 Å². The number of hydrogen-bond acceptors (Lipinski definition) is 8. The van der Waals surface area contributed by atoms with E-state index in [0.29, 0.717) is 44.4 Å². The van der Waals surface area contributed by atoms with Gasteiger partial charge < -0.3 is 23.7 Å². The molecular weight excluding hydrogens is 448 g/mol. The van der Waals surface area contributed by atoms with Crippen LogP contribution in [0.15, 0.2) is 53.1 Å². The normalized spacial score (nSPS) is 11.1. The molecule has 3 aromatic heterocycles. The van der Waals surface area contributed by atoms with Gasteiger partial charge in [-0.15, -0.1) is 5.10 Å². The molecule has 5 aromatic rings. The summed E-state index contributed by atoms with van der Waals surface area (Å²) in [5.41, 5.74) is 2.48. The Hall–Kier alpha value is -4.25. The molecule has 33 heavy (non-hydrogen) atoms. The van der Waals surface area contributed by atoms with E-state index in [9.17, 15) is 4.79 Å². The first-order valence-electron chi connectivity index (χ1n) is 9.76. The van der Waals surface area contributed by atoms with Crippen molar-refractivity contribution in [2.24, 2.45) is 0 Å². The van der Waals surface area contributed by atoms with Gasteiger partial charge in [0.2, 0.25) is 4.96 Å². The predicted molar refractivity (Wildman–Crippen MR) is 122 cm³/mol. The molecule has 5 rings (SSSR count). The molecule has 0 spiro atoms. The average molecular weight is 466 g/mol. The third-order valence-electron chi connectivity index (χ3n) is 4.83. The number of nitrogens with zero attached hydrogens (tertiary/aromatic N) is 3. The average Bonchev–Trinajstić information content (AvgIpc) is 3.49. The molecule has 0 atom stereocenters. The van der Waals surface area contributed by atoms with E-state index in [1.165, 1.54) is 11.3 Å². The first kappa shape index (κ1) is 20.6. The standard InChI is InChI=1S/C22H18N4O6S/c1-29-14-7-17(31-11-12-4-3-5-13(6-12)23-21(27)28)15-9-19(32-18(15)8-14)16-10-26-20(24-16)33-22(25-26)30-2/h3-10,23H,11H2,1-2H3,(H,27,28). The molecule has 0 saturated carbocycles. The van der Waals surface area contributed by atoms with Gasteiger partial charge in [-0.25, -0.2) is 14.3 Å². The molecule has 1 amide bonds. The SMILES string of the molecule is COc1cc(OCc2cccc(NC(=O)O)c2)c2cc(-c3cn4nc(OC)sc4n3)oc2c1. The number of hydrogen-bond donors (Lipinski definition) is 2. The molecule has 3 heterocycles. The molecule has 2 N–H and O–H groups in total. The van der Waals surface area contributed by atoms with Crippen LogP contribution in [-0.4, -0.2) is 40.0 Å². The van der Waals surface area contributed by atoms with Crippen LogP contribution in [0.3, 0.4) is 0 Å². The Labute approximate surface area is 190 Å². The highest BCUT2D eigenvalue weighted by molar-refractivity contribution is 7.18. The molecule has 0 aliphatic heterocycles. The van der Waals surface area contributed by atoms with Crippen molar-refractivity contribution in [2.45, 2.75) is 6.61 Å². The number of carbonyl (C=O) groups is 1. The number of amides is 1. The number of benzene rings is 2. The summed E-state index contributed by atoms with van der Waals surface area (Å²) in [6, 6.07) is 12.4. The molecular formula is C22H18N4O6S. The fraction of sp³-hybridized carbons (Fsp3) is 0.136. The van der Waals surface area contributed by atoms with Crippen LogP contribution in [0.5, 0.6) is 16.7 Å². The topological polar surface area (TPSA) is 120 Å². The minimum atomic E-state index is -1.12. The summed E-state index contributed by atoms with van der Waals surface area (Å²) in [5.74, 6) is 1.71. The highest BCUT2D eigenvalue weighted by Crippen LogP contribution is 2.37. The molecule has 0 radical (unpaired) electrons. The molecule has 0 unspecified atom stereocenters. The second-order valence-electron chi connectivity index (χ2n) is 6.99. The summed E-state index contributed by atoms with van der Waals surface area (Å²) in [7, 11) is 3.13. The van der Waals surface area contributed by atoms with Crippen LogP contribution >= 0.6 is 11.3 Å². The monoisotopic (exact) mass is 466 g/mol. The fourth-order valence-electron chi connectivity index (χ4n) is 3.35. The summed E-state index contributed by atoms with van der Waals surface area (Å²) in [6.07, 6.45) is 0.645. The van der Waals surface area contributed by atoms with Crippen molar-refractivity contribution in [1.29, 1.82) is 0 Å². The Morgan fingerprint density at radius 2 is 2.09 bits per heavy atom. The number of carboxylic acid groups (broad SMARTS) is 1. The van der Waals surface area contributed by atoms with E-state index in [4.69, 9.17) is 23.7 Å². The van der Waals surface area contributed by atoms with Gasteiger partial charge in [0.25, 0.3) is 5.19 Å². The van der Waals surface area contributed by atoms with Gasteiger partial charge in [-0.3, -0.25) is 5.32 Å². The zero-order valence-corrected chi connectivity index (χ0v) is 18.4. The maximum atomic E-state index is 10.9. The van der Waals surface area contributed by atoms with E-state index in [2.05, 4.69) is 15.4 Å². The maximum Gasteiger partial charge on any atom is 0.409 e. The van der Waals surface area contributed by atoms with Gasteiger partial charge in [-0.05, 0) is 35.1 Å². The molecule has 168 valence electrons. The Bertz CT molecular complexity index is 1440. The van der Waals surface area contributed by atoms with Crippen LogP contribution < -0.4 is 19.5 Å². The van der Waals surface area contributed by atoms with E-state index >= 15 is 0 Å². The Morgan fingerprint density at radius 3 is 2.85 bits per heavy atom. The third-order valence-corrected chi connectivity index (χ3v) is 5.72. The van der Waals surface area contributed by atoms with Gasteiger partial charge in [0.05, 0.1) is 25.8 Å². The highest BCUT2D eigenvalue weighted by Gasteiger charge is 2.17. The van der Waals surface area contributed by atoms with E-state index in [1.54, 1.807) is 55.3 Å². The van der Waals surface area contributed by atoms with Crippen molar-refractivity contribution in [1.82, 2.24) is 14.6 Å². The molecule has 0 aliphatic rings. The minimum Gasteiger partial charge on any atom is -0.496 e. The van der Waals surface area contributed by atoms with Crippen molar-refractivity contribution in [3.05, 3.63) is 54.2 Å². The van der Waals surface area contributed by atoms with Gasteiger partial charge >= 0.3 is 6.09 Å². The van der Waals surface area contributed by atoms with Crippen molar-refractivity contribution in [2.75, 3.05) is 19.5 Å². The van der Waals surface area contributed by atoms with Crippen LogP contribution in [-0.2, 0) is 6.61 Å². The molecule has 0 aliphatic carbocycles. The minimum absolute atomic E-state index is 0.224. The fourth-order valence-corrected chi connectivity index (χ4v) is 4.05. The van der Waals surface area contributed by atoms with Crippen LogP contribution in [0.4, 0.5) is 10.5 Å². The first-order chi connectivity index (χ1) is 16.0. The lowest BCUT2D eigenvalue weighted by atomic mass is 10.2. The Morgan fingerprint density at radius 1 is 1.21 bits per heavy atom. The van der Waals surface area contributed by atoms with Crippen LogP contribution in [0.1, 0.15) is 5.56 Å². The van der Waals surface area contributed by atoms with Crippen LogP contribution in [0.25, 0.3) is 27.4 Å². The van der Waals surface area contributed by atoms with Gasteiger partial charge in [0, 0.05) is 17.8 Å². The third kappa shape index (κ3) is 4.13. The molecule has 10 nitrogen and oxygen atoms in total. The molecule has 0 bridgehead atoms. The number of methoxy groups -OCH3 is 2. The van der Waals surface area contributed by atoms with Gasteiger partial charge in [-0.1, -0.05) is 12.1 Å². The largest absolute Gasteiger partial charge is 0.496 e. The molecule has 0 saturated heterocycles. The number of aromatic nitrogens is 3. The van der Waals surface area contributed by atoms with Gasteiger partial charge in [0.1, 0.15) is 29.4 Å². The lowest BCUT2D eigenvalue weighted by Gasteiger charge is -2.10. The number of anilines is 1. The number of fused-ring (bicyclic) bond motifs is 2. The van der Waals surface area contributed by atoms with Gasteiger partial charge in [-0.2, -0.15) is 0 Å². The number of furan rings is 1. The van der Waals surface area contributed by atoms with Crippen molar-refractivity contribution in [3.8, 4) is 28.1 Å². The van der Waals surface area contributed by atoms with Crippen molar-refractivity contribution < 1.29 is 28.5 Å². The molecule has 0 fully saturated rings. The maximum absolute atomic E-state index is 10.9. The number of rotatable bonds is 7. The van der Waals surface area contributed by atoms with Gasteiger partial charge in [0.15, 0.2) is 5.76 Å². The second kappa shape index (κ2) is 8.36. The van der Waals surface area contributed by atoms with E-state index in [-0.39, 0.29) is 6.61 Å². The first-order valence-corrected chi connectivity index (χ1v) is 10.6. The summed E-state index contributed by atoms with van der Waals surface area (Å²) in [5, 5.41) is 16.8. The summed E-state index contributed by atoms with van der Waals surface area (Å²) in [6.45, 7) is 0.224. The summed E-state index contributed by atoms with van der Waals surface area (Å²) in [4.78, 5) is 16.1. The van der Waals surface area contributed by atoms with Crippen molar-refractivity contribution >= 4 is 39.0 Å². The summed E-state index contributed by atoms with van der Waals surface area (Å²) >= 11 is 1.33. The Balaban J connectivity index is 1.46. The van der Waals surface area contributed by atoms with Crippen LogP contribution in [0, 0.1) is 0 Å². The highest BCUT2D eigenvalue weighted by atomic mass is 32.1. The lowest BCUT2D eigenvalue weighted by molar-refractivity contribution is 0.209. The number of ether oxygens (including phenoxy) is 3. The summed E-state index contributed by atoms with van der Waals surface area (Å²) < 4.78 is 24.3. The number of imidazole rings is 1. The van der Waals surface area contributed by atoms with Crippen LogP contribution in [0.2, 0.25) is 0 Å². The second-order valence-corrected chi connectivity index (χ2v) is 7.91. The quantitative estimate of drug-likeness (QED) is 0.348. The smallest absolute Gasteiger partial charge is 0.409 e. The zero-order valence-electron chi connectivity index (χ0n) is 17.6. The zero-order chi connectivity index (χ0) is 22.9. The van der Waals surface area contributed by atoms with E-state index in [1.807, 2.05) is 12.1 Å². The predicted octanol–water partition coefficient (Wildman–Crippen LogP) is 4.89. The van der Waals surface area contributed by atoms with E-state index < -0.39 is 6.09 Å². The molecule has 2 aromatic carbocycles. The number of nitrogens with one attached hydrogen (secondary N) is 1. The molecule has 11 heteroatoms.